The molecule has 0 aromatic carbocycles. The van der Waals surface area contributed by atoms with Gasteiger partial charge in [0.1, 0.15) is 0 Å². The summed E-state index contributed by atoms with van der Waals surface area (Å²) in [6, 6.07) is 0. The highest BCUT2D eigenvalue weighted by Gasteiger charge is 2.34. The van der Waals surface area contributed by atoms with Crippen molar-refractivity contribution < 1.29 is 32.4 Å². The predicted molar refractivity (Wildman–Crippen MR) is 113 cm³/mol. The third kappa shape index (κ3) is 17.4. The highest BCUT2D eigenvalue weighted by molar-refractivity contribution is 7.87. The van der Waals surface area contributed by atoms with E-state index in [4.69, 9.17) is 14.4 Å². The molecular weight excluding hydrogens is 396 g/mol. The molecule has 0 aliphatic heterocycles. The van der Waals surface area contributed by atoms with E-state index in [1.807, 2.05) is 0 Å². The molecule has 1 unspecified atom stereocenters. The number of unbranched alkanes of at least 4 members (excludes halogenated alkanes) is 14. The molecule has 172 valence electrons. The third-order valence-electron chi connectivity index (χ3n) is 4.97. The van der Waals surface area contributed by atoms with E-state index < -0.39 is 33.7 Å². The van der Waals surface area contributed by atoms with E-state index in [1.165, 1.54) is 70.6 Å². The van der Waals surface area contributed by atoms with Crippen LogP contribution in [0, 0.1) is 0 Å². The number of carbonyl (C=O) groups excluding carboxylic acids is 1. The van der Waals surface area contributed by atoms with Gasteiger partial charge in [0.25, 0.3) is 10.1 Å². The molecule has 1 atom stereocenters. The molecule has 0 saturated heterocycles. The van der Waals surface area contributed by atoms with Crippen LogP contribution in [0.15, 0.2) is 0 Å². The summed E-state index contributed by atoms with van der Waals surface area (Å²) in [6.45, 7) is 2.27. The molecule has 0 radical (unpaired) electrons. The smallest absolute Gasteiger partial charge is 0.327 e. The Hall–Kier alpha value is -1.15. The Kier molecular flexibility index (Phi) is 17.0. The molecule has 0 aromatic rings. The van der Waals surface area contributed by atoms with Crippen molar-refractivity contribution in [2.24, 2.45) is 0 Å². The lowest BCUT2D eigenvalue weighted by molar-refractivity contribution is -0.147. The average Bonchev–Trinajstić information content (AvgIpc) is 2.64. The van der Waals surface area contributed by atoms with Crippen LogP contribution in [0.5, 0.6) is 0 Å². The van der Waals surface area contributed by atoms with Crippen molar-refractivity contribution in [1.82, 2.24) is 0 Å². The molecule has 0 aliphatic rings. The number of ether oxygens (including phenoxy) is 1. The second-order valence-electron chi connectivity index (χ2n) is 7.72. The average molecular weight is 437 g/mol. The number of carbonyl (C=O) groups is 2. The number of esters is 1. The summed E-state index contributed by atoms with van der Waals surface area (Å²) in [4.78, 5) is 22.2. The van der Waals surface area contributed by atoms with Gasteiger partial charge in [0.15, 0.2) is 5.25 Å². The van der Waals surface area contributed by atoms with Crippen molar-refractivity contribution >= 4 is 22.1 Å². The summed E-state index contributed by atoms with van der Waals surface area (Å²) >= 11 is 0. The lowest BCUT2D eigenvalue weighted by Gasteiger charge is -2.11. The normalized spacial score (nSPS) is 12.6. The minimum absolute atomic E-state index is 0.0305. The minimum Gasteiger partial charge on any atom is -0.481 e. The quantitative estimate of drug-likeness (QED) is 0.154. The van der Waals surface area contributed by atoms with Crippen LogP contribution in [0.4, 0.5) is 0 Å². The standard InChI is InChI=1S/C21H40O7S/c1-2-3-4-5-6-7-8-9-10-11-12-13-14-15-16-17-28-21(24)19(18-20(22)23)29(25,26)27/h19H,2-18H2,1H3,(H,22,23)(H,25,26,27). The number of aliphatic carboxylic acids is 1. The first-order valence-corrected chi connectivity index (χ1v) is 12.6. The maximum absolute atomic E-state index is 11.6. The summed E-state index contributed by atoms with van der Waals surface area (Å²) in [7, 11) is -4.79. The maximum Gasteiger partial charge on any atom is 0.327 e. The van der Waals surface area contributed by atoms with E-state index in [0.717, 1.165) is 19.3 Å². The summed E-state index contributed by atoms with van der Waals surface area (Å²) in [5, 5.41) is 6.57. The van der Waals surface area contributed by atoms with Crippen molar-refractivity contribution in [3.8, 4) is 0 Å². The molecule has 0 aliphatic carbocycles. The van der Waals surface area contributed by atoms with Gasteiger partial charge in [-0.3, -0.25) is 14.1 Å². The van der Waals surface area contributed by atoms with E-state index in [0.29, 0.717) is 6.42 Å². The summed E-state index contributed by atoms with van der Waals surface area (Å²) < 4.78 is 35.9. The number of hydrogen-bond donors (Lipinski definition) is 2. The van der Waals surface area contributed by atoms with Gasteiger partial charge in [-0.1, -0.05) is 96.8 Å². The van der Waals surface area contributed by atoms with Crippen LogP contribution < -0.4 is 0 Å². The predicted octanol–water partition coefficient (Wildman–Crippen LogP) is 5.13. The second-order valence-corrected chi connectivity index (χ2v) is 9.32. The first-order valence-electron chi connectivity index (χ1n) is 11.1. The monoisotopic (exact) mass is 436 g/mol. The van der Waals surface area contributed by atoms with Crippen molar-refractivity contribution in [2.45, 2.75) is 115 Å². The van der Waals surface area contributed by atoms with Gasteiger partial charge in [-0.2, -0.15) is 8.42 Å². The minimum atomic E-state index is -4.79. The zero-order chi connectivity index (χ0) is 22.0. The van der Waals surface area contributed by atoms with Gasteiger partial charge >= 0.3 is 11.9 Å². The van der Waals surface area contributed by atoms with Crippen LogP contribution in [0.2, 0.25) is 0 Å². The lowest BCUT2D eigenvalue weighted by atomic mass is 10.0. The van der Waals surface area contributed by atoms with Crippen molar-refractivity contribution in [3.05, 3.63) is 0 Å². The first-order chi connectivity index (χ1) is 13.8. The topological polar surface area (TPSA) is 118 Å². The maximum atomic E-state index is 11.6. The summed E-state index contributed by atoms with van der Waals surface area (Å²) in [5.41, 5.74) is 0. The Labute approximate surface area is 176 Å². The molecule has 0 bridgehead atoms. The van der Waals surface area contributed by atoms with Crippen LogP contribution in [0.3, 0.4) is 0 Å². The number of rotatable bonds is 20. The van der Waals surface area contributed by atoms with Gasteiger partial charge in [-0.25, -0.2) is 0 Å². The summed E-state index contributed by atoms with van der Waals surface area (Å²) in [6.07, 6.45) is 17.1. The molecular formula is C21H40O7S. The fourth-order valence-electron chi connectivity index (χ4n) is 3.21. The van der Waals surface area contributed by atoms with Gasteiger partial charge in [0, 0.05) is 0 Å². The van der Waals surface area contributed by atoms with Gasteiger partial charge < -0.3 is 9.84 Å². The van der Waals surface area contributed by atoms with Crippen LogP contribution in [-0.2, 0) is 24.4 Å². The molecule has 0 aromatic heterocycles. The van der Waals surface area contributed by atoms with Crippen LogP contribution in [-0.4, -0.2) is 41.9 Å². The zero-order valence-electron chi connectivity index (χ0n) is 17.9. The zero-order valence-corrected chi connectivity index (χ0v) is 18.8. The molecule has 0 fully saturated rings. The Bertz CT molecular complexity index is 531. The summed E-state index contributed by atoms with van der Waals surface area (Å²) in [5.74, 6) is -2.70. The Morgan fingerprint density at radius 1 is 0.759 bits per heavy atom. The molecule has 2 N–H and O–H groups in total. The molecule has 29 heavy (non-hydrogen) atoms. The van der Waals surface area contributed by atoms with E-state index in [-0.39, 0.29) is 6.61 Å². The molecule has 7 nitrogen and oxygen atoms in total. The highest BCUT2D eigenvalue weighted by Crippen LogP contribution is 2.13. The van der Waals surface area contributed by atoms with Crippen molar-refractivity contribution in [3.63, 3.8) is 0 Å². The van der Waals surface area contributed by atoms with E-state index in [1.54, 1.807) is 0 Å². The highest BCUT2D eigenvalue weighted by atomic mass is 32.2. The largest absolute Gasteiger partial charge is 0.481 e. The van der Waals surface area contributed by atoms with Crippen molar-refractivity contribution in [1.29, 1.82) is 0 Å². The molecule has 0 amide bonds. The Balaban J connectivity index is 3.52. The Morgan fingerprint density at radius 2 is 1.14 bits per heavy atom. The molecule has 8 heteroatoms. The van der Waals surface area contributed by atoms with Gasteiger partial charge in [-0.05, 0) is 6.42 Å². The SMILES string of the molecule is CCCCCCCCCCCCCCCCCOC(=O)C(CC(=O)O)S(=O)(=O)O. The number of hydrogen-bond acceptors (Lipinski definition) is 5. The van der Waals surface area contributed by atoms with Gasteiger partial charge in [0.2, 0.25) is 0 Å². The lowest BCUT2D eigenvalue weighted by Crippen LogP contribution is -2.34. The fourth-order valence-corrected chi connectivity index (χ4v) is 3.87. The van der Waals surface area contributed by atoms with Crippen molar-refractivity contribution in [2.75, 3.05) is 6.61 Å². The van der Waals surface area contributed by atoms with Crippen LogP contribution in [0.25, 0.3) is 0 Å². The fraction of sp³-hybridized carbons (Fsp3) is 0.905. The van der Waals surface area contributed by atoms with E-state index in [9.17, 15) is 18.0 Å². The van der Waals surface area contributed by atoms with E-state index in [2.05, 4.69) is 6.92 Å². The number of carboxylic acid groups (broad SMARTS) is 1. The van der Waals surface area contributed by atoms with Crippen LogP contribution >= 0.6 is 0 Å². The third-order valence-corrected chi connectivity index (χ3v) is 6.05. The number of carboxylic acids is 1. The van der Waals surface area contributed by atoms with Gasteiger partial charge in [0.05, 0.1) is 13.0 Å². The van der Waals surface area contributed by atoms with Gasteiger partial charge in [-0.15, -0.1) is 0 Å². The Morgan fingerprint density at radius 3 is 1.48 bits per heavy atom. The molecule has 0 heterocycles. The second kappa shape index (κ2) is 17.7. The van der Waals surface area contributed by atoms with Crippen LogP contribution in [0.1, 0.15) is 110 Å². The van der Waals surface area contributed by atoms with E-state index >= 15 is 0 Å². The molecule has 0 spiro atoms. The first kappa shape index (κ1) is 27.8. The molecule has 0 rings (SSSR count). The molecule has 0 saturated carbocycles.